The molecular weight excluding hydrogens is 238 g/mol. The number of anilines is 3. The highest BCUT2D eigenvalue weighted by Crippen LogP contribution is 2.32. The summed E-state index contributed by atoms with van der Waals surface area (Å²) in [6.07, 6.45) is 3.43. The van der Waals surface area contributed by atoms with Crippen LogP contribution in [0.2, 0.25) is 0 Å². The van der Waals surface area contributed by atoms with E-state index in [2.05, 4.69) is 4.98 Å². The fourth-order valence-electron chi connectivity index (χ4n) is 2.08. The van der Waals surface area contributed by atoms with Crippen molar-refractivity contribution in [3.63, 3.8) is 0 Å². The van der Waals surface area contributed by atoms with Crippen molar-refractivity contribution < 1.29 is 4.42 Å². The molecule has 1 aromatic carbocycles. The molecule has 0 atom stereocenters. The fourth-order valence-corrected chi connectivity index (χ4v) is 2.08. The van der Waals surface area contributed by atoms with Crippen molar-refractivity contribution in [2.75, 3.05) is 17.7 Å². The maximum Gasteiger partial charge on any atom is 0.136 e. The van der Waals surface area contributed by atoms with Crippen LogP contribution < -0.4 is 10.6 Å². The third-order valence-corrected chi connectivity index (χ3v) is 3.30. The minimum absolute atomic E-state index is 0.703. The molecule has 2 heterocycles. The Morgan fingerprint density at radius 1 is 1.26 bits per heavy atom. The monoisotopic (exact) mass is 253 g/mol. The Morgan fingerprint density at radius 2 is 2.05 bits per heavy atom. The van der Waals surface area contributed by atoms with Crippen LogP contribution in [0.4, 0.5) is 17.2 Å². The molecular formula is C15H15N3O. The summed E-state index contributed by atoms with van der Waals surface area (Å²) < 4.78 is 5.55. The number of pyridine rings is 1. The number of nitrogen functional groups attached to an aromatic ring is 1. The van der Waals surface area contributed by atoms with E-state index >= 15 is 0 Å². The van der Waals surface area contributed by atoms with Crippen LogP contribution in [0.1, 0.15) is 5.56 Å². The van der Waals surface area contributed by atoms with Crippen molar-refractivity contribution in [2.24, 2.45) is 0 Å². The van der Waals surface area contributed by atoms with Crippen LogP contribution in [0.3, 0.4) is 0 Å². The van der Waals surface area contributed by atoms with Crippen LogP contribution in [-0.2, 0) is 0 Å². The van der Waals surface area contributed by atoms with Gasteiger partial charge < -0.3 is 15.1 Å². The van der Waals surface area contributed by atoms with Gasteiger partial charge in [0, 0.05) is 12.4 Å². The molecule has 0 saturated heterocycles. The molecule has 4 heteroatoms. The van der Waals surface area contributed by atoms with Gasteiger partial charge in [-0.05, 0) is 30.7 Å². The van der Waals surface area contributed by atoms with E-state index in [-0.39, 0.29) is 0 Å². The Balaban J connectivity index is 2.08. The van der Waals surface area contributed by atoms with Gasteiger partial charge >= 0.3 is 0 Å². The molecule has 0 bridgehead atoms. The quantitative estimate of drug-likeness (QED) is 0.759. The van der Waals surface area contributed by atoms with Gasteiger partial charge in [0.15, 0.2) is 0 Å². The molecule has 4 nitrogen and oxygen atoms in total. The molecule has 2 aromatic heterocycles. The minimum atomic E-state index is 0.703. The Labute approximate surface area is 111 Å². The van der Waals surface area contributed by atoms with Gasteiger partial charge in [-0.25, -0.2) is 4.98 Å². The lowest BCUT2D eigenvalue weighted by Crippen LogP contribution is -2.11. The zero-order valence-electron chi connectivity index (χ0n) is 10.9. The summed E-state index contributed by atoms with van der Waals surface area (Å²) in [6, 6.07) is 9.92. The van der Waals surface area contributed by atoms with E-state index in [0.29, 0.717) is 5.69 Å². The van der Waals surface area contributed by atoms with Crippen molar-refractivity contribution in [1.82, 2.24) is 4.98 Å². The molecule has 0 radical (unpaired) electrons. The van der Waals surface area contributed by atoms with E-state index in [0.717, 1.165) is 28.0 Å². The summed E-state index contributed by atoms with van der Waals surface area (Å²) in [7, 11) is 1.97. The van der Waals surface area contributed by atoms with Gasteiger partial charge in [-0.3, -0.25) is 0 Å². The largest absolute Gasteiger partial charge is 0.462 e. The maximum atomic E-state index is 5.80. The first-order chi connectivity index (χ1) is 9.16. The summed E-state index contributed by atoms with van der Waals surface area (Å²) in [5.74, 6) is 0.846. The number of rotatable bonds is 2. The van der Waals surface area contributed by atoms with Gasteiger partial charge in [0.25, 0.3) is 0 Å². The van der Waals surface area contributed by atoms with E-state index < -0.39 is 0 Å². The summed E-state index contributed by atoms with van der Waals surface area (Å²) in [4.78, 5) is 6.36. The van der Waals surface area contributed by atoms with Crippen molar-refractivity contribution in [1.29, 1.82) is 0 Å². The second kappa shape index (κ2) is 4.31. The molecule has 0 unspecified atom stereocenters. The van der Waals surface area contributed by atoms with Crippen LogP contribution in [-0.4, -0.2) is 12.0 Å². The van der Waals surface area contributed by atoms with Crippen LogP contribution >= 0.6 is 0 Å². The molecule has 0 aliphatic carbocycles. The molecule has 96 valence electrons. The van der Waals surface area contributed by atoms with E-state index in [4.69, 9.17) is 10.2 Å². The van der Waals surface area contributed by atoms with Crippen LogP contribution in [0.15, 0.2) is 47.2 Å². The smallest absolute Gasteiger partial charge is 0.136 e. The van der Waals surface area contributed by atoms with Gasteiger partial charge in [0.2, 0.25) is 0 Å². The molecule has 0 fully saturated rings. The highest BCUT2D eigenvalue weighted by molar-refractivity contribution is 5.92. The third-order valence-electron chi connectivity index (χ3n) is 3.30. The Kier molecular flexibility index (Phi) is 2.63. The first-order valence-electron chi connectivity index (χ1n) is 6.09. The van der Waals surface area contributed by atoms with Crippen LogP contribution in [0, 0.1) is 6.92 Å². The number of para-hydroxylation sites is 1. The molecule has 0 spiro atoms. The van der Waals surface area contributed by atoms with E-state index in [1.165, 1.54) is 0 Å². The highest BCUT2D eigenvalue weighted by Gasteiger charge is 2.12. The average molecular weight is 253 g/mol. The number of benzene rings is 1. The van der Waals surface area contributed by atoms with Gasteiger partial charge in [0.05, 0.1) is 17.6 Å². The lowest BCUT2D eigenvalue weighted by molar-refractivity contribution is 0.616. The molecule has 2 N–H and O–H groups in total. The van der Waals surface area contributed by atoms with E-state index in [9.17, 15) is 0 Å². The molecule has 0 amide bonds. The van der Waals surface area contributed by atoms with Crippen molar-refractivity contribution in [2.45, 2.75) is 6.92 Å². The Hall–Kier alpha value is -2.49. The Bertz CT molecular complexity index is 733. The topological polar surface area (TPSA) is 55.3 Å². The number of hydrogen-bond acceptors (Lipinski definition) is 4. The minimum Gasteiger partial charge on any atom is -0.462 e. The normalized spacial score (nSPS) is 10.8. The summed E-state index contributed by atoms with van der Waals surface area (Å²) in [6.45, 7) is 1.97. The molecule has 0 aliphatic heterocycles. The van der Waals surface area contributed by atoms with Gasteiger partial charge in [-0.15, -0.1) is 0 Å². The van der Waals surface area contributed by atoms with Crippen molar-refractivity contribution in [3.8, 4) is 0 Å². The fraction of sp³-hybridized carbons (Fsp3) is 0.133. The average Bonchev–Trinajstić information content (AvgIpc) is 2.85. The molecule has 19 heavy (non-hydrogen) atoms. The first kappa shape index (κ1) is 11.6. The molecule has 0 aliphatic rings. The van der Waals surface area contributed by atoms with Crippen LogP contribution in [0.25, 0.3) is 11.0 Å². The number of furan rings is 1. The number of hydrogen-bond donors (Lipinski definition) is 1. The second-order valence-electron chi connectivity index (χ2n) is 4.58. The predicted octanol–water partition coefficient (Wildman–Crippen LogP) is 3.49. The lowest BCUT2D eigenvalue weighted by Gasteiger charge is -2.17. The molecule has 3 rings (SSSR count). The number of nitrogens with two attached hydrogens (primary N) is 1. The van der Waals surface area contributed by atoms with E-state index in [1.807, 2.05) is 49.2 Å². The summed E-state index contributed by atoms with van der Waals surface area (Å²) in [5, 5.41) is 1.07. The molecule has 0 saturated carbocycles. The summed E-state index contributed by atoms with van der Waals surface area (Å²) in [5.41, 5.74) is 9.38. The lowest BCUT2D eigenvalue weighted by atomic mass is 10.2. The number of aryl methyl sites for hydroxylation is 1. The molecule has 3 aromatic rings. The van der Waals surface area contributed by atoms with Gasteiger partial charge in [-0.2, -0.15) is 0 Å². The second-order valence-corrected chi connectivity index (χ2v) is 4.58. The highest BCUT2D eigenvalue weighted by atomic mass is 16.3. The number of fused-ring (bicyclic) bond motifs is 1. The predicted molar refractivity (Wildman–Crippen MR) is 77.7 cm³/mol. The number of nitrogens with zero attached hydrogens (tertiary/aromatic N) is 2. The van der Waals surface area contributed by atoms with Crippen LogP contribution in [0.5, 0.6) is 0 Å². The first-order valence-corrected chi connectivity index (χ1v) is 6.09. The van der Waals surface area contributed by atoms with Crippen molar-refractivity contribution >= 4 is 28.2 Å². The van der Waals surface area contributed by atoms with Gasteiger partial charge in [0.1, 0.15) is 17.7 Å². The van der Waals surface area contributed by atoms with E-state index in [1.54, 1.807) is 12.5 Å². The van der Waals surface area contributed by atoms with Crippen molar-refractivity contribution in [3.05, 3.63) is 48.4 Å². The van der Waals surface area contributed by atoms with Gasteiger partial charge in [-0.1, -0.05) is 12.1 Å². The zero-order chi connectivity index (χ0) is 13.4. The summed E-state index contributed by atoms with van der Waals surface area (Å²) >= 11 is 0. The third kappa shape index (κ3) is 1.91. The number of aromatic nitrogens is 1. The Morgan fingerprint density at radius 3 is 2.84 bits per heavy atom. The maximum absolute atomic E-state index is 5.80. The zero-order valence-corrected chi connectivity index (χ0v) is 10.9. The standard InChI is InChI=1S/C15H15N3O/c1-10-7-15(17-8-12(10)16)18(2)13-9-19-14-6-4-3-5-11(13)14/h3-9H,16H2,1-2H3. The SMILES string of the molecule is Cc1cc(N(C)c2coc3ccccc23)ncc1N.